The van der Waals surface area contributed by atoms with Gasteiger partial charge in [0.25, 0.3) is 0 Å². The van der Waals surface area contributed by atoms with Crippen molar-refractivity contribution in [2.45, 2.75) is 50.7 Å². The number of nitrogens with zero attached hydrogens (tertiary/aromatic N) is 1. The average Bonchev–Trinajstić information content (AvgIpc) is 2.86. The second kappa shape index (κ2) is 6.73. The van der Waals surface area contributed by atoms with E-state index in [2.05, 4.69) is 11.8 Å². The Labute approximate surface area is 122 Å². The van der Waals surface area contributed by atoms with Crippen LogP contribution in [0.25, 0.3) is 0 Å². The highest BCUT2D eigenvalue weighted by Gasteiger charge is 2.43. The molecule has 116 valence electrons. The molecule has 0 aromatic carbocycles. The summed E-state index contributed by atoms with van der Waals surface area (Å²) in [6.45, 7) is 9.24. The number of piperidine rings is 1. The summed E-state index contributed by atoms with van der Waals surface area (Å²) in [5, 5.41) is 0. The number of hydrogen-bond acceptors (Lipinski definition) is 4. The van der Waals surface area contributed by atoms with Crippen molar-refractivity contribution >= 4 is 0 Å². The summed E-state index contributed by atoms with van der Waals surface area (Å²) in [4.78, 5) is 2.64. The summed E-state index contributed by atoms with van der Waals surface area (Å²) >= 11 is 0. The SMILES string of the molecule is CCO[C@H]1COC2(CCN(CC3CCOCC3)CC2)C1. The van der Waals surface area contributed by atoms with Crippen molar-refractivity contribution in [2.75, 3.05) is 46.1 Å². The molecule has 0 aliphatic carbocycles. The second-order valence-corrected chi connectivity index (χ2v) is 6.63. The van der Waals surface area contributed by atoms with Crippen LogP contribution in [-0.2, 0) is 14.2 Å². The lowest BCUT2D eigenvalue weighted by Gasteiger charge is -2.40. The molecule has 0 radical (unpaired) electrons. The van der Waals surface area contributed by atoms with Crippen molar-refractivity contribution in [3.8, 4) is 0 Å². The summed E-state index contributed by atoms with van der Waals surface area (Å²) in [5.74, 6) is 0.846. The van der Waals surface area contributed by atoms with E-state index in [9.17, 15) is 0 Å². The van der Waals surface area contributed by atoms with E-state index in [1.54, 1.807) is 0 Å². The standard InChI is InChI=1S/C16H29NO3/c1-2-19-15-11-16(20-13-15)5-7-17(8-6-16)12-14-3-9-18-10-4-14/h14-15H,2-13H2,1H3/t15-/m1/s1. The largest absolute Gasteiger partial charge is 0.381 e. The normalized spacial score (nSPS) is 31.9. The highest BCUT2D eigenvalue weighted by molar-refractivity contribution is 4.94. The smallest absolute Gasteiger partial charge is 0.0836 e. The van der Waals surface area contributed by atoms with Gasteiger partial charge in [-0.1, -0.05) is 0 Å². The molecule has 1 atom stereocenters. The van der Waals surface area contributed by atoms with Crippen LogP contribution in [0.3, 0.4) is 0 Å². The van der Waals surface area contributed by atoms with Gasteiger partial charge in [0.15, 0.2) is 0 Å². The Balaban J connectivity index is 1.42. The minimum atomic E-state index is 0.131. The molecule has 3 rings (SSSR count). The first-order valence-electron chi connectivity index (χ1n) is 8.35. The predicted molar refractivity (Wildman–Crippen MR) is 77.9 cm³/mol. The molecule has 4 nitrogen and oxygen atoms in total. The van der Waals surface area contributed by atoms with Crippen molar-refractivity contribution in [1.29, 1.82) is 0 Å². The Morgan fingerprint density at radius 2 is 1.95 bits per heavy atom. The van der Waals surface area contributed by atoms with Gasteiger partial charge in [-0.15, -0.1) is 0 Å². The zero-order valence-electron chi connectivity index (χ0n) is 12.8. The lowest BCUT2D eigenvalue weighted by Crippen LogP contribution is -2.46. The van der Waals surface area contributed by atoms with Crippen LogP contribution in [0.1, 0.15) is 39.0 Å². The van der Waals surface area contributed by atoms with Crippen molar-refractivity contribution < 1.29 is 14.2 Å². The Morgan fingerprint density at radius 1 is 1.20 bits per heavy atom. The van der Waals surface area contributed by atoms with E-state index in [0.717, 1.165) is 38.8 Å². The van der Waals surface area contributed by atoms with Crippen LogP contribution in [0.4, 0.5) is 0 Å². The van der Waals surface area contributed by atoms with E-state index in [1.165, 1.54) is 45.3 Å². The van der Waals surface area contributed by atoms with E-state index < -0.39 is 0 Å². The molecule has 0 N–H and O–H groups in total. The van der Waals surface area contributed by atoms with Gasteiger partial charge in [0.05, 0.1) is 18.3 Å². The molecule has 3 aliphatic heterocycles. The molecule has 0 unspecified atom stereocenters. The number of likely N-dealkylation sites (tertiary alicyclic amines) is 1. The number of rotatable bonds is 4. The summed E-state index contributed by atoms with van der Waals surface area (Å²) in [6.07, 6.45) is 6.28. The topological polar surface area (TPSA) is 30.9 Å². The van der Waals surface area contributed by atoms with Gasteiger partial charge in [0, 0.05) is 45.9 Å². The third kappa shape index (κ3) is 3.53. The van der Waals surface area contributed by atoms with Gasteiger partial charge in [-0.05, 0) is 38.5 Å². The average molecular weight is 283 g/mol. The first-order valence-corrected chi connectivity index (χ1v) is 8.35. The maximum atomic E-state index is 6.11. The quantitative estimate of drug-likeness (QED) is 0.790. The van der Waals surface area contributed by atoms with Crippen molar-refractivity contribution in [3.05, 3.63) is 0 Å². The van der Waals surface area contributed by atoms with Crippen LogP contribution in [0, 0.1) is 5.92 Å². The van der Waals surface area contributed by atoms with Crippen LogP contribution >= 0.6 is 0 Å². The van der Waals surface area contributed by atoms with E-state index in [0.29, 0.717) is 6.10 Å². The Hall–Kier alpha value is -0.160. The fourth-order valence-electron chi connectivity index (χ4n) is 3.93. The zero-order chi connectivity index (χ0) is 13.8. The van der Waals surface area contributed by atoms with Crippen LogP contribution < -0.4 is 0 Å². The highest BCUT2D eigenvalue weighted by atomic mass is 16.6. The minimum Gasteiger partial charge on any atom is -0.381 e. The molecule has 0 amide bonds. The van der Waals surface area contributed by atoms with Crippen LogP contribution in [0.5, 0.6) is 0 Å². The Bertz CT molecular complexity index is 296. The van der Waals surface area contributed by atoms with E-state index >= 15 is 0 Å². The van der Waals surface area contributed by atoms with Gasteiger partial charge in [-0.25, -0.2) is 0 Å². The van der Waals surface area contributed by atoms with Crippen LogP contribution in [0.2, 0.25) is 0 Å². The van der Waals surface area contributed by atoms with Crippen molar-refractivity contribution in [3.63, 3.8) is 0 Å². The summed E-state index contributed by atoms with van der Waals surface area (Å²) < 4.78 is 17.3. The van der Waals surface area contributed by atoms with Gasteiger partial charge >= 0.3 is 0 Å². The molecular weight excluding hydrogens is 254 g/mol. The third-order valence-electron chi connectivity index (χ3n) is 5.20. The molecule has 0 saturated carbocycles. The monoisotopic (exact) mass is 283 g/mol. The van der Waals surface area contributed by atoms with Gasteiger partial charge in [-0.2, -0.15) is 0 Å². The van der Waals surface area contributed by atoms with Gasteiger partial charge in [0.1, 0.15) is 0 Å². The summed E-state index contributed by atoms with van der Waals surface area (Å²) in [5.41, 5.74) is 0.131. The Morgan fingerprint density at radius 3 is 2.65 bits per heavy atom. The minimum absolute atomic E-state index is 0.131. The predicted octanol–water partition coefficient (Wildman–Crippen LogP) is 2.07. The lowest BCUT2D eigenvalue weighted by atomic mass is 9.87. The summed E-state index contributed by atoms with van der Waals surface area (Å²) in [6, 6.07) is 0. The molecule has 0 aromatic heterocycles. The van der Waals surface area contributed by atoms with Crippen molar-refractivity contribution in [1.82, 2.24) is 4.90 Å². The third-order valence-corrected chi connectivity index (χ3v) is 5.20. The molecule has 4 heteroatoms. The van der Waals surface area contributed by atoms with Crippen LogP contribution in [0.15, 0.2) is 0 Å². The molecular formula is C16H29NO3. The molecule has 0 aromatic rings. The molecule has 3 heterocycles. The maximum Gasteiger partial charge on any atom is 0.0836 e. The molecule has 3 saturated heterocycles. The molecule has 0 bridgehead atoms. The van der Waals surface area contributed by atoms with Gasteiger partial charge in [-0.3, -0.25) is 0 Å². The first-order chi connectivity index (χ1) is 9.80. The first kappa shape index (κ1) is 14.8. The van der Waals surface area contributed by atoms with Crippen LogP contribution in [-0.4, -0.2) is 62.7 Å². The van der Waals surface area contributed by atoms with Gasteiger partial charge < -0.3 is 19.1 Å². The van der Waals surface area contributed by atoms with Gasteiger partial charge in [0.2, 0.25) is 0 Å². The molecule has 20 heavy (non-hydrogen) atoms. The van der Waals surface area contributed by atoms with E-state index in [-0.39, 0.29) is 5.60 Å². The number of hydrogen-bond donors (Lipinski definition) is 0. The van der Waals surface area contributed by atoms with E-state index in [4.69, 9.17) is 14.2 Å². The van der Waals surface area contributed by atoms with E-state index in [1.807, 2.05) is 0 Å². The fraction of sp³-hybridized carbons (Fsp3) is 1.00. The summed E-state index contributed by atoms with van der Waals surface area (Å²) in [7, 11) is 0. The highest BCUT2D eigenvalue weighted by Crippen LogP contribution is 2.37. The zero-order valence-corrected chi connectivity index (χ0v) is 12.8. The Kier molecular flexibility index (Phi) is 4.97. The second-order valence-electron chi connectivity index (χ2n) is 6.63. The lowest BCUT2D eigenvalue weighted by molar-refractivity contribution is -0.0499. The molecule has 3 aliphatic rings. The number of ether oxygens (including phenoxy) is 3. The molecule has 3 fully saturated rings. The fourth-order valence-corrected chi connectivity index (χ4v) is 3.93. The maximum absolute atomic E-state index is 6.11. The molecule has 1 spiro atoms. The van der Waals surface area contributed by atoms with Crippen molar-refractivity contribution in [2.24, 2.45) is 5.92 Å².